The van der Waals surface area contributed by atoms with Gasteiger partial charge in [-0.3, -0.25) is 0 Å². The molecule has 2 atom stereocenters. The van der Waals surface area contributed by atoms with E-state index in [1.807, 2.05) is 11.5 Å². The van der Waals surface area contributed by atoms with Gasteiger partial charge in [-0.2, -0.15) is 13.2 Å². The molecule has 1 aromatic carbocycles. The van der Waals surface area contributed by atoms with Gasteiger partial charge in [-0.1, -0.05) is 20.3 Å². The Bertz CT molecular complexity index is 669. The van der Waals surface area contributed by atoms with Crippen LogP contribution in [0.5, 0.6) is 0 Å². The summed E-state index contributed by atoms with van der Waals surface area (Å²) in [6, 6.07) is 3.84. The van der Waals surface area contributed by atoms with Gasteiger partial charge in [0.1, 0.15) is 0 Å². The molecular formula is C14H17F3N2S. The largest absolute Gasteiger partial charge is 0.416 e. The van der Waals surface area contributed by atoms with Crippen molar-refractivity contribution >= 4 is 23.3 Å². The Morgan fingerprint density at radius 1 is 1.30 bits per heavy atom. The normalized spacial score (nSPS) is 15.5. The second kappa shape index (κ2) is 5.24. The summed E-state index contributed by atoms with van der Waals surface area (Å²) in [5, 5.41) is 0. The van der Waals surface area contributed by atoms with Crippen LogP contribution in [0.15, 0.2) is 18.2 Å². The molecule has 0 radical (unpaired) electrons. The Labute approximate surface area is 120 Å². The summed E-state index contributed by atoms with van der Waals surface area (Å²) in [5.41, 5.74) is 0.486. The maximum atomic E-state index is 12.7. The topological polar surface area (TPSA) is 20.7 Å². The number of nitrogens with zero attached hydrogens (tertiary/aromatic N) is 1. The average Bonchev–Trinajstić information content (AvgIpc) is 2.70. The molecule has 1 N–H and O–H groups in total. The third kappa shape index (κ3) is 2.61. The average molecular weight is 302 g/mol. The molecule has 0 amide bonds. The van der Waals surface area contributed by atoms with Gasteiger partial charge in [0.05, 0.1) is 16.6 Å². The minimum absolute atomic E-state index is 0.137. The first kappa shape index (κ1) is 15.1. The van der Waals surface area contributed by atoms with Crippen LogP contribution in [0.3, 0.4) is 0 Å². The summed E-state index contributed by atoms with van der Waals surface area (Å²) in [6.07, 6.45) is -3.36. The molecule has 0 aliphatic carbocycles. The van der Waals surface area contributed by atoms with Gasteiger partial charge >= 0.3 is 6.18 Å². The molecule has 0 fully saturated rings. The van der Waals surface area contributed by atoms with E-state index in [9.17, 15) is 13.2 Å². The molecule has 2 rings (SSSR count). The number of hydrogen-bond donors (Lipinski definition) is 1. The highest BCUT2D eigenvalue weighted by atomic mass is 32.1. The van der Waals surface area contributed by atoms with Crippen LogP contribution in [-0.4, -0.2) is 9.55 Å². The van der Waals surface area contributed by atoms with E-state index in [4.69, 9.17) is 12.2 Å². The van der Waals surface area contributed by atoms with Crippen molar-refractivity contribution in [3.8, 4) is 0 Å². The summed E-state index contributed by atoms with van der Waals surface area (Å²) < 4.78 is 40.5. The first-order chi connectivity index (χ1) is 9.25. The van der Waals surface area contributed by atoms with Crippen molar-refractivity contribution in [3.63, 3.8) is 0 Å². The molecule has 2 aromatic rings. The van der Waals surface area contributed by atoms with Gasteiger partial charge in [-0.15, -0.1) is 0 Å². The Morgan fingerprint density at radius 3 is 2.50 bits per heavy atom. The van der Waals surface area contributed by atoms with Crippen LogP contribution in [0.25, 0.3) is 11.0 Å². The number of aromatic nitrogens is 2. The van der Waals surface area contributed by atoms with E-state index in [1.165, 1.54) is 6.07 Å². The predicted molar refractivity (Wildman–Crippen MR) is 76.3 cm³/mol. The molecule has 2 unspecified atom stereocenters. The van der Waals surface area contributed by atoms with Gasteiger partial charge in [0, 0.05) is 6.04 Å². The lowest BCUT2D eigenvalue weighted by Gasteiger charge is -2.21. The fourth-order valence-electron chi connectivity index (χ4n) is 2.31. The van der Waals surface area contributed by atoms with Crippen molar-refractivity contribution in [2.24, 2.45) is 5.92 Å². The van der Waals surface area contributed by atoms with Crippen molar-refractivity contribution in [2.75, 3.05) is 0 Å². The van der Waals surface area contributed by atoms with E-state index in [0.29, 0.717) is 16.2 Å². The zero-order chi connectivity index (χ0) is 15.1. The van der Waals surface area contributed by atoms with Crippen LogP contribution in [0.2, 0.25) is 0 Å². The number of halogens is 3. The van der Waals surface area contributed by atoms with Gasteiger partial charge in [-0.25, -0.2) is 0 Å². The number of H-pyrrole nitrogens is 1. The number of rotatable bonds is 3. The van der Waals surface area contributed by atoms with E-state index < -0.39 is 11.7 Å². The van der Waals surface area contributed by atoms with Crippen LogP contribution in [-0.2, 0) is 6.18 Å². The van der Waals surface area contributed by atoms with E-state index in [-0.39, 0.29) is 6.04 Å². The van der Waals surface area contributed by atoms with Gasteiger partial charge in [0.15, 0.2) is 4.77 Å². The molecule has 0 bridgehead atoms. The van der Waals surface area contributed by atoms with Crippen LogP contribution < -0.4 is 0 Å². The molecule has 1 heterocycles. The van der Waals surface area contributed by atoms with E-state index in [1.54, 1.807) is 0 Å². The summed E-state index contributed by atoms with van der Waals surface area (Å²) in [5.74, 6) is 0.392. The molecule has 0 aliphatic rings. The van der Waals surface area contributed by atoms with Crippen molar-refractivity contribution in [1.82, 2.24) is 9.55 Å². The molecule has 110 valence electrons. The molecule has 1 aromatic heterocycles. The zero-order valence-corrected chi connectivity index (χ0v) is 12.4. The van der Waals surface area contributed by atoms with E-state index in [0.717, 1.165) is 24.1 Å². The minimum atomic E-state index is -4.34. The fourth-order valence-corrected chi connectivity index (χ4v) is 2.68. The molecular weight excluding hydrogens is 285 g/mol. The number of benzene rings is 1. The van der Waals surface area contributed by atoms with Crippen LogP contribution in [0, 0.1) is 10.7 Å². The molecule has 6 heteroatoms. The van der Waals surface area contributed by atoms with Crippen molar-refractivity contribution in [1.29, 1.82) is 0 Å². The standard InChI is InChI=1S/C14H17F3N2S/c1-4-8(2)9(3)19-12-6-5-10(14(15,16)17)7-11(12)18-13(19)20/h5-9H,4H2,1-3H3,(H,18,20). The summed E-state index contributed by atoms with van der Waals surface area (Å²) in [4.78, 5) is 2.88. The third-order valence-electron chi connectivity index (χ3n) is 3.92. The highest BCUT2D eigenvalue weighted by molar-refractivity contribution is 7.71. The van der Waals surface area contributed by atoms with Crippen LogP contribution >= 0.6 is 12.2 Å². The minimum Gasteiger partial charge on any atom is -0.331 e. The van der Waals surface area contributed by atoms with Gasteiger partial charge < -0.3 is 9.55 Å². The first-order valence-electron chi connectivity index (χ1n) is 6.57. The second-order valence-electron chi connectivity index (χ2n) is 5.16. The van der Waals surface area contributed by atoms with Gasteiger partial charge in [0.2, 0.25) is 0 Å². The highest BCUT2D eigenvalue weighted by Gasteiger charge is 2.31. The summed E-state index contributed by atoms with van der Waals surface area (Å²) in [6.45, 7) is 6.23. The van der Waals surface area contributed by atoms with E-state index in [2.05, 4.69) is 18.8 Å². The smallest absolute Gasteiger partial charge is 0.331 e. The Morgan fingerprint density at radius 2 is 1.95 bits per heavy atom. The SMILES string of the molecule is CCC(C)C(C)n1c(=S)[nH]c2cc(C(F)(F)F)ccc21. The molecule has 0 saturated heterocycles. The highest BCUT2D eigenvalue weighted by Crippen LogP contribution is 2.32. The van der Waals surface area contributed by atoms with Crippen LogP contribution in [0.1, 0.15) is 38.8 Å². The maximum Gasteiger partial charge on any atom is 0.416 e. The monoisotopic (exact) mass is 302 g/mol. The van der Waals surface area contributed by atoms with Crippen molar-refractivity contribution < 1.29 is 13.2 Å². The van der Waals surface area contributed by atoms with Crippen molar-refractivity contribution in [3.05, 3.63) is 28.5 Å². The Balaban J connectivity index is 2.59. The molecule has 2 nitrogen and oxygen atoms in total. The van der Waals surface area contributed by atoms with Gasteiger partial charge in [0.25, 0.3) is 0 Å². The number of fused-ring (bicyclic) bond motifs is 1. The summed E-state index contributed by atoms with van der Waals surface area (Å²) in [7, 11) is 0. The number of nitrogens with one attached hydrogen (secondary N) is 1. The molecule has 0 saturated carbocycles. The van der Waals surface area contributed by atoms with E-state index >= 15 is 0 Å². The summed E-state index contributed by atoms with van der Waals surface area (Å²) >= 11 is 5.26. The van der Waals surface area contributed by atoms with Crippen molar-refractivity contribution in [2.45, 2.75) is 39.4 Å². The fraction of sp³-hybridized carbons (Fsp3) is 0.500. The molecule has 20 heavy (non-hydrogen) atoms. The number of hydrogen-bond acceptors (Lipinski definition) is 1. The van der Waals surface area contributed by atoms with Crippen LogP contribution in [0.4, 0.5) is 13.2 Å². The zero-order valence-electron chi connectivity index (χ0n) is 11.6. The lowest BCUT2D eigenvalue weighted by Crippen LogP contribution is -2.13. The lowest BCUT2D eigenvalue weighted by atomic mass is 10.0. The molecule has 0 aliphatic heterocycles. The Hall–Kier alpha value is -1.30. The number of aromatic amines is 1. The maximum absolute atomic E-state index is 12.7. The molecule has 0 spiro atoms. The predicted octanol–water partition coefficient (Wildman–Crippen LogP) is 5.32. The third-order valence-corrected chi connectivity index (χ3v) is 4.22. The first-order valence-corrected chi connectivity index (χ1v) is 6.98. The second-order valence-corrected chi connectivity index (χ2v) is 5.54. The van der Waals surface area contributed by atoms with Gasteiger partial charge in [-0.05, 0) is 43.3 Å². The number of imidazole rings is 1. The quantitative estimate of drug-likeness (QED) is 0.760. The number of alkyl halides is 3. The Kier molecular flexibility index (Phi) is 3.95. The lowest BCUT2D eigenvalue weighted by molar-refractivity contribution is -0.137.